The first kappa shape index (κ1) is 17.9. The molecule has 1 aromatic rings. The molecule has 0 aliphatic carbocycles. The minimum absolute atomic E-state index is 0.0258. The van der Waals surface area contributed by atoms with Crippen LogP contribution < -0.4 is 10.6 Å². The van der Waals surface area contributed by atoms with Crippen LogP contribution in [0.3, 0.4) is 0 Å². The van der Waals surface area contributed by atoms with Crippen molar-refractivity contribution in [2.75, 3.05) is 25.5 Å². The predicted octanol–water partition coefficient (Wildman–Crippen LogP) is 2.08. The second-order valence-electron chi connectivity index (χ2n) is 4.99. The highest BCUT2D eigenvalue weighted by molar-refractivity contribution is 14.1. The summed E-state index contributed by atoms with van der Waals surface area (Å²) in [6, 6.07) is 7.48. The minimum Gasteiger partial charge on any atom is -0.356 e. The number of amides is 2. The number of nitrogens with one attached hydrogen (secondary N) is 2. The molecule has 1 unspecified atom stereocenters. The average Bonchev–Trinajstić information content (AvgIpc) is 2.42. The van der Waals surface area contributed by atoms with Crippen LogP contribution >= 0.6 is 22.6 Å². The lowest BCUT2D eigenvalue weighted by atomic mass is 10.2. The average molecular weight is 403 g/mol. The summed E-state index contributed by atoms with van der Waals surface area (Å²) in [6.07, 6.45) is 0.816. The van der Waals surface area contributed by atoms with Gasteiger partial charge in [0.15, 0.2) is 0 Å². The van der Waals surface area contributed by atoms with Crippen molar-refractivity contribution < 1.29 is 9.59 Å². The van der Waals surface area contributed by atoms with Crippen LogP contribution in [-0.2, 0) is 9.59 Å². The Kier molecular flexibility index (Phi) is 7.66. The Balaban J connectivity index is 2.40. The monoisotopic (exact) mass is 403 g/mol. The van der Waals surface area contributed by atoms with E-state index < -0.39 is 0 Å². The molecule has 5 nitrogen and oxygen atoms in total. The maximum Gasteiger partial charge on any atom is 0.241 e. The van der Waals surface area contributed by atoms with Gasteiger partial charge in [0.2, 0.25) is 11.8 Å². The summed E-state index contributed by atoms with van der Waals surface area (Å²) in [4.78, 5) is 24.9. The minimum atomic E-state index is -0.222. The Bertz CT molecular complexity index is 494. The third kappa shape index (κ3) is 6.90. The first-order valence-electron chi connectivity index (χ1n) is 6.91. The molecule has 1 atom stereocenters. The second-order valence-corrected chi connectivity index (χ2v) is 6.24. The number of hydrogen-bond acceptors (Lipinski definition) is 3. The lowest BCUT2D eigenvalue weighted by molar-refractivity contribution is -0.121. The zero-order chi connectivity index (χ0) is 15.8. The highest BCUT2D eigenvalue weighted by atomic mass is 127. The topological polar surface area (TPSA) is 61.4 Å². The fourth-order valence-electron chi connectivity index (χ4n) is 1.80. The van der Waals surface area contributed by atoms with Crippen LogP contribution in [0.15, 0.2) is 24.3 Å². The summed E-state index contributed by atoms with van der Waals surface area (Å²) >= 11 is 2.21. The lowest BCUT2D eigenvalue weighted by Crippen LogP contribution is -2.40. The van der Waals surface area contributed by atoms with Gasteiger partial charge >= 0.3 is 0 Å². The van der Waals surface area contributed by atoms with Gasteiger partial charge in [0.25, 0.3) is 0 Å². The van der Waals surface area contributed by atoms with Gasteiger partial charge in [0.1, 0.15) is 0 Å². The predicted molar refractivity (Wildman–Crippen MR) is 93.2 cm³/mol. The zero-order valence-corrected chi connectivity index (χ0v) is 14.8. The van der Waals surface area contributed by atoms with Crippen molar-refractivity contribution in [1.29, 1.82) is 0 Å². The first-order valence-corrected chi connectivity index (χ1v) is 7.99. The zero-order valence-electron chi connectivity index (χ0n) is 12.6. The third-order valence-electron chi connectivity index (χ3n) is 3.19. The van der Waals surface area contributed by atoms with Crippen molar-refractivity contribution >= 4 is 40.1 Å². The Morgan fingerprint density at radius 3 is 2.71 bits per heavy atom. The van der Waals surface area contributed by atoms with Gasteiger partial charge in [0.05, 0.1) is 6.04 Å². The van der Waals surface area contributed by atoms with Gasteiger partial charge < -0.3 is 10.6 Å². The van der Waals surface area contributed by atoms with Gasteiger partial charge in [-0.3, -0.25) is 14.5 Å². The van der Waals surface area contributed by atoms with Crippen LogP contribution in [0.1, 0.15) is 20.3 Å². The number of carbonyl (C=O) groups is 2. The molecule has 0 saturated carbocycles. The normalized spacial score (nSPS) is 12.0. The number of likely N-dealkylation sites (N-methyl/N-ethyl adjacent to an activating group) is 1. The van der Waals surface area contributed by atoms with Crippen molar-refractivity contribution in [3.63, 3.8) is 0 Å². The molecule has 2 amide bonds. The van der Waals surface area contributed by atoms with E-state index in [1.807, 2.05) is 43.1 Å². The maximum absolute atomic E-state index is 12.2. The van der Waals surface area contributed by atoms with Crippen molar-refractivity contribution in [2.24, 2.45) is 0 Å². The first-order chi connectivity index (χ1) is 9.90. The Morgan fingerprint density at radius 2 is 2.10 bits per heavy atom. The van der Waals surface area contributed by atoms with Crippen LogP contribution in [0.4, 0.5) is 5.69 Å². The van der Waals surface area contributed by atoms with Gasteiger partial charge in [0, 0.05) is 29.3 Å². The Labute approximate surface area is 139 Å². The van der Waals surface area contributed by atoms with Crippen molar-refractivity contribution in [1.82, 2.24) is 10.2 Å². The number of anilines is 1. The van der Waals surface area contributed by atoms with E-state index in [1.54, 1.807) is 0 Å². The van der Waals surface area contributed by atoms with E-state index in [2.05, 4.69) is 33.2 Å². The number of benzene rings is 1. The van der Waals surface area contributed by atoms with Crippen molar-refractivity contribution in [3.8, 4) is 0 Å². The number of hydrogen-bond donors (Lipinski definition) is 2. The summed E-state index contributed by atoms with van der Waals surface area (Å²) < 4.78 is 1.08. The van der Waals surface area contributed by atoms with Crippen LogP contribution in [0.2, 0.25) is 0 Å². The molecule has 0 saturated heterocycles. The number of halogens is 1. The van der Waals surface area contributed by atoms with Gasteiger partial charge in [-0.25, -0.2) is 0 Å². The molecular formula is C15H22IN3O2. The molecule has 0 heterocycles. The van der Waals surface area contributed by atoms with Crippen molar-refractivity contribution in [2.45, 2.75) is 26.3 Å². The highest BCUT2D eigenvalue weighted by Gasteiger charge is 2.17. The molecular weight excluding hydrogens is 381 g/mol. The molecule has 6 heteroatoms. The van der Waals surface area contributed by atoms with Crippen LogP contribution in [0.5, 0.6) is 0 Å². The summed E-state index contributed by atoms with van der Waals surface area (Å²) in [7, 11) is 1.91. The largest absolute Gasteiger partial charge is 0.356 e. The molecule has 0 spiro atoms. The molecule has 116 valence electrons. The number of rotatable bonds is 7. The molecule has 1 rings (SSSR count). The molecule has 2 N–H and O–H groups in total. The SMILES string of the molecule is CC(=O)NCCCN(C)C(C)C(=O)Nc1cccc(I)c1. The number of nitrogens with zero attached hydrogens (tertiary/aromatic N) is 1. The molecule has 0 bridgehead atoms. The smallest absolute Gasteiger partial charge is 0.241 e. The fourth-order valence-corrected chi connectivity index (χ4v) is 2.34. The third-order valence-corrected chi connectivity index (χ3v) is 3.87. The van der Waals surface area contributed by atoms with Gasteiger partial charge in [-0.1, -0.05) is 6.07 Å². The molecule has 21 heavy (non-hydrogen) atoms. The Morgan fingerprint density at radius 1 is 1.38 bits per heavy atom. The van der Waals surface area contributed by atoms with E-state index in [0.717, 1.165) is 22.2 Å². The van der Waals surface area contributed by atoms with E-state index in [9.17, 15) is 9.59 Å². The van der Waals surface area contributed by atoms with E-state index in [1.165, 1.54) is 6.92 Å². The quantitative estimate of drug-likeness (QED) is 0.542. The number of carbonyl (C=O) groups excluding carboxylic acids is 2. The standard InChI is InChI=1S/C15H22IN3O2/c1-11(19(3)9-5-8-17-12(2)20)15(21)18-14-7-4-6-13(16)10-14/h4,6-7,10-11H,5,8-9H2,1-3H3,(H,17,20)(H,18,21). The molecule has 0 aromatic heterocycles. The van der Waals surface area contributed by atoms with E-state index in [0.29, 0.717) is 6.54 Å². The van der Waals surface area contributed by atoms with Crippen LogP contribution in [-0.4, -0.2) is 42.9 Å². The summed E-state index contributed by atoms with van der Waals surface area (Å²) in [5.41, 5.74) is 0.811. The maximum atomic E-state index is 12.2. The van der Waals surface area contributed by atoms with Gasteiger partial charge in [-0.2, -0.15) is 0 Å². The second kappa shape index (κ2) is 8.99. The van der Waals surface area contributed by atoms with E-state index in [-0.39, 0.29) is 17.9 Å². The lowest BCUT2D eigenvalue weighted by Gasteiger charge is -2.23. The highest BCUT2D eigenvalue weighted by Crippen LogP contribution is 2.13. The molecule has 0 aliphatic rings. The summed E-state index contributed by atoms with van der Waals surface area (Å²) in [5, 5.41) is 5.67. The Hall–Kier alpha value is -1.15. The van der Waals surface area contributed by atoms with Crippen LogP contribution in [0, 0.1) is 3.57 Å². The van der Waals surface area contributed by atoms with Crippen molar-refractivity contribution in [3.05, 3.63) is 27.8 Å². The summed E-state index contributed by atoms with van der Waals surface area (Å²) in [5.74, 6) is -0.0545. The fraction of sp³-hybridized carbons (Fsp3) is 0.467. The molecule has 1 aromatic carbocycles. The molecule has 0 radical (unpaired) electrons. The van der Waals surface area contributed by atoms with E-state index in [4.69, 9.17) is 0 Å². The molecule has 0 fully saturated rings. The van der Waals surface area contributed by atoms with Gasteiger partial charge in [-0.15, -0.1) is 0 Å². The summed E-state index contributed by atoms with van der Waals surface area (Å²) in [6.45, 7) is 4.76. The van der Waals surface area contributed by atoms with E-state index >= 15 is 0 Å². The van der Waals surface area contributed by atoms with Gasteiger partial charge in [-0.05, 0) is 61.2 Å². The molecule has 0 aliphatic heterocycles. The van der Waals surface area contributed by atoms with Crippen LogP contribution in [0.25, 0.3) is 0 Å².